The Hall–Kier alpha value is -3.06. The molecule has 2 aromatic carbocycles. The average Bonchev–Trinajstić information content (AvgIpc) is 3.18. The third-order valence-corrected chi connectivity index (χ3v) is 5.03. The number of carbonyl (C=O) groups excluding carboxylic acids is 2. The number of rotatable bonds is 2. The maximum atomic E-state index is 12.5. The number of nitrogens with one attached hydrogen (secondary N) is 2. The molecule has 0 unspecified atom stereocenters. The number of hydrogen-bond acceptors (Lipinski definition) is 3. The molecule has 6 nitrogen and oxygen atoms in total. The third kappa shape index (κ3) is 3.00. The van der Waals surface area contributed by atoms with Crippen molar-refractivity contribution in [1.82, 2.24) is 15.4 Å². The Morgan fingerprint density at radius 2 is 1.78 bits per heavy atom. The second-order valence-corrected chi connectivity index (χ2v) is 7.19. The van der Waals surface area contributed by atoms with Crippen LogP contribution in [-0.2, 0) is 7.05 Å². The van der Waals surface area contributed by atoms with Crippen molar-refractivity contribution in [1.29, 1.82) is 0 Å². The Labute approximate surface area is 163 Å². The maximum Gasteiger partial charge on any atom is 0.305 e. The molecule has 0 spiro atoms. The van der Waals surface area contributed by atoms with Crippen LogP contribution in [0.1, 0.15) is 26.5 Å². The number of furan rings is 1. The molecule has 0 aliphatic rings. The summed E-state index contributed by atoms with van der Waals surface area (Å²) in [7, 11) is 1.87. The number of aryl methyl sites for hydroxylation is 2. The van der Waals surface area contributed by atoms with Crippen molar-refractivity contribution in [2.24, 2.45) is 7.05 Å². The monoisotopic (exact) mass is 425 g/mol. The highest BCUT2D eigenvalue weighted by Gasteiger charge is 2.19. The summed E-state index contributed by atoms with van der Waals surface area (Å²) in [4.78, 5) is 25.0. The molecule has 2 amide bonds. The van der Waals surface area contributed by atoms with Crippen LogP contribution in [0.5, 0.6) is 0 Å². The predicted octanol–water partition coefficient (Wildman–Crippen LogP) is 4.07. The van der Waals surface area contributed by atoms with E-state index in [1.165, 1.54) is 0 Å². The lowest BCUT2D eigenvalue weighted by Gasteiger charge is -2.05. The summed E-state index contributed by atoms with van der Waals surface area (Å²) in [5.41, 5.74) is 7.65. The summed E-state index contributed by atoms with van der Waals surface area (Å²) in [5.74, 6) is -0.730. The summed E-state index contributed by atoms with van der Waals surface area (Å²) in [6, 6.07) is 13.1. The molecule has 7 heteroatoms. The number of hydrogen-bond donors (Lipinski definition) is 2. The van der Waals surface area contributed by atoms with Gasteiger partial charge in [-0.1, -0.05) is 34.1 Å². The van der Waals surface area contributed by atoms with Gasteiger partial charge in [-0.15, -0.1) is 0 Å². The Bertz CT molecular complexity index is 1210. The molecule has 136 valence electrons. The van der Waals surface area contributed by atoms with E-state index in [9.17, 15) is 9.59 Å². The lowest BCUT2D eigenvalue weighted by molar-refractivity contribution is 0.0832. The first kappa shape index (κ1) is 17.4. The molecule has 0 aliphatic carbocycles. The molecule has 2 heterocycles. The van der Waals surface area contributed by atoms with Crippen molar-refractivity contribution in [3.05, 3.63) is 70.0 Å². The quantitative estimate of drug-likeness (QED) is 0.475. The first-order chi connectivity index (χ1) is 13.0. The molecular formula is C20H16BrN3O3. The van der Waals surface area contributed by atoms with Crippen molar-refractivity contribution >= 4 is 49.6 Å². The second-order valence-electron chi connectivity index (χ2n) is 6.28. The number of hydrazine groups is 1. The molecule has 0 atom stereocenters. The van der Waals surface area contributed by atoms with Crippen LogP contribution in [0.4, 0.5) is 0 Å². The van der Waals surface area contributed by atoms with Gasteiger partial charge in [-0.3, -0.25) is 20.4 Å². The summed E-state index contributed by atoms with van der Waals surface area (Å²) >= 11 is 3.41. The van der Waals surface area contributed by atoms with Crippen molar-refractivity contribution in [3.8, 4) is 0 Å². The molecule has 27 heavy (non-hydrogen) atoms. The Kier molecular flexibility index (Phi) is 4.24. The molecule has 0 saturated carbocycles. The molecule has 0 saturated heterocycles. The zero-order valence-electron chi connectivity index (χ0n) is 14.7. The molecule has 2 N–H and O–H groups in total. The lowest BCUT2D eigenvalue weighted by Crippen LogP contribution is -2.41. The fourth-order valence-electron chi connectivity index (χ4n) is 3.17. The molecule has 0 bridgehead atoms. The van der Waals surface area contributed by atoms with Gasteiger partial charge < -0.3 is 8.98 Å². The Balaban J connectivity index is 1.55. The first-order valence-corrected chi connectivity index (χ1v) is 9.08. The molecule has 0 radical (unpaired) electrons. The van der Waals surface area contributed by atoms with E-state index in [2.05, 4.69) is 26.8 Å². The van der Waals surface area contributed by atoms with Crippen LogP contribution in [0.25, 0.3) is 21.9 Å². The van der Waals surface area contributed by atoms with Crippen molar-refractivity contribution < 1.29 is 14.0 Å². The number of fused-ring (bicyclic) bond motifs is 2. The summed E-state index contributed by atoms with van der Waals surface area (Å²) in [5, 5.41) is 1.66. The maximum absolute atomic E-state index is 12.5. The standard InChI is InChI=1S/C20H16BrN3O3/c1-11-14-9-12(21)7-8-17(14)27-18(11)20(26)23-22-19(25)15-10-24(2)16-6-4-3-5-13(15)16/h3-10H,1-2H3,(H,22,25)(H,23,26). The van der Waals surface area contributed by atoms with E-state index in [4.69, 9.17) is 4.42 Å². The van der Waals surface area contributed by atoms with Gasteiger partial charge in [-0.2, -0.15) is 0 Å². The van der Waals surface area contributed by atoms with E-state index in [1.807, 2.05) is 48.0 Å². The van der Waals surface area contributed by atoms with Crippen LogP contribution in [0.2, 0.25) is 0 Å². The number of benzene rings is 2. The summed E-state index contributed by atoms with van der Waals surface area (Å²) < 4.78 is 8.41. The van der Waals surface area contributed by atoms with Gasteiger partial charge in [-0.05, 0) is 31.2 Å². The zero-order valence-corrected chi connectivity index (χ0v) is 16.3. The molecular weight excluding hydrogens is 410 g/mol. The minimum atomic E-state index is -0.506. The van der Waals surface area contributed by atoms with Gasteiger partial charge in [0.05, 0.1) is 5.56 Å². The average molecular weight is 426 g/mol. The fraction of sp³-hybridized carbons (Fsp3) is 0.100. The van der Waals surface area contributed by atoms with Crippen LogP contribution in [0, 0.1) is 6.92 Å². The summed E-state index contributed by atoms with van der Waals surface area (Å²) in [6.07, 6.45) is 1.73. The fourth-order valence-corrected chi connectivity index (χ4v) is 3.53. The predicted molar refractivity (Wildman–Crippen MR) is 107 cm³/mol. The molecule has 0 fully saturated rings. The highest BCUT2D eigenvalue weighted by Crippen LogP contribution is 2.28. The third-order valence-electron chi connectivity index (χ3n) is 4.54. The van der Waals surface area contributed by atoms with E-state index in [0.29, 0.717) is 16.7 Å². The highest BCUT2D eigenvalue weighted by atomic mass is 79.9. The number of amides is 2. The molecule has 0 aliphatic heterocycles. The van der Waals surface area contributed by atoms with E-state index in [0.717, 1.165) is 20.8 Å². The first-order valence-electron chi connectivity index (χ1n) is 8.29. The minimum absolute atomic E-state index is 0.168. The van der Waals surface area contributed by atoms with Gasteiger partial charge in [-0.25, -0.2) is 0 Å². The van der Waals surface area contributed by atoms with E-state index < -0.39 is 11.8 Å². The number of aromatic nitrogens is 1. The molecule has 4 aromatic rings. The topological polar surface area (TPSA) is 76.3 Å². The van der Waals surface area contributed by atoms with Crippen LogP contribution < -0.4 is 10.9 Å². The minimum Gasteiger partial charge on any atom is -0.451 e. The smallest absolute Gasteiger partial charge is 0.305 e. The van der Waals surface area contributed by atoms with Crippen molar-refractivity contribution in [2.75, 3.05) is 0 Å². The number of nitrogens with zero attached hydrogens (tertiary/aromatic N) is 1. The van der Waals surface area contributed by atoms with Gasteiger partial charge >= 0.3 is 5.91 Å². The second kappa shape index (κ2) is 6.59. The zero-order chi connectivity index (χ0) is 19.1. The Morgan fingerprint density at radius 3 is 2.59 bits per heavy atom. The van der Waals surface area contributed by atoms with Crippen LogP contribution in [0.3, 0.4) is 0 Å². The van der Waals surface area contributed by atoms with E-state index >= 15 is 0 Å². The molecule has 2 aromatic heterocycles. The largest absolute Gasteiger partial charge is 0.451 e. The van der Waals surface area contributed by atoms with Crippen LogP contribution >= 0.6 is 15.9 Å². The van der Waals surface area contributed by atoms with Gasteiger partial charge in [0.15, 0.2) is 5.76 Å². The van der Waals surface area contributed by atoms with Gasteiger partial charge in [0, 0.05) is 39.6 Å². The van der Waals surface area contributed by atoms with E-state index in [-0.39, 0.29) is 5.76 Å². The normalized spacial score (nSPS) is 11.1. The summed E-state index contributed by atoms with van der Waals surface area (Å²) in [6.45, 7) is 1.81. The van der Waals surface area contributed by atoms with Gasteiger partial charge in [0.2, 0.25) is 0 Å². The number of para-hydroxylation sites is 1. The number of halogens is 1. The van der Waals surface area contributed by atoms with Gasteiger partial charge in [0.1, 0.15) is 5.58 Å². The number of carbonyl (C=O) groups is 2. The van der Waals surface area contributed by atoms with Crippen LogP contribution in [-0.4, -0.2) is 16.4 Å². The van der Waals surface area contributed by atoms with Crippen molar-refractivity contribution in [2.45, 2.75) is 6.92 Å². The Morgan fingerprint density at radius 1 is 1.04 bits per heavy atom. The lowest BCUT2D eigenvalue weighted by atomic mass is 10.1. The highest BCUT2D eigenvalue weighted by molar-refractivity contribution is 9.10. The van der Waals surface area contributed by atoms with E-state index in [1.54, 1.807) is 19.2 Å². The molecule has 4 rings (SSSR count). The van der Waals surface area contributed by atoms with Crippen LogP contribution in [0.15, 0.2) is 57.6 Å². The van der Waals surface area contributed by atoms with Gasteiger partial charge in [0.25, 0.3) is 5.91 Å². The van der Waals surface area contributed by atoms with Crippen molar-refractivity contribution in [3.63, 3.8) is 0 Å². The SMILES string of the molecule is Cc1c(C(=O)NNC(=O)c2cn(C)c3ccccc23)oc2ccc(Br)cc12.